The molecule has 0 saturated heterocycles. The van der Waals surface area contributed by atoms with E-state index in [9.17, 15) is 24.5 Å². The van der Waals surface area contributed by atoms with Crippen LogP contribution in [0.15, 0.2) is 28.6 Å². The lowest BCUT2D eigenvalue weighted by molar-refractivity contribution is -0.380. The summed E-state index contributed by atoms with van der Waals surface area (Å²) in [6.07, 6.45) is 1.53. The molecule has 0 aliphatic rings. The lowest BCUT2D eigenvalue weighted by Crippen LogP contribution is -2.32. The molecular formula is C22H28N6O8S. The molecule has 1 heterocycles. The summed E-state index contributed by atoms with van der Waals surface area (Å²) in [7, 11) is 1.44. The Morgan fingerprint density at radius 1 is 1.11 bits per heavy atom. The first-order chi connectivity index (χ1) is 17.7. The van der Waals surface area contributed by atoms with E-state index in [2.05, 4.69) is 20.5 Å². The predicted molar refractivity (Wildman–Crippen MR) is 135 cm³/mol. The predicted octanol–water partition coefficient (Wildman–Crippen LogP) is 4.15. The van der Waals surface area contributed by atoms with Crippen LogP contribution < -0.4 is 15.0 Å². The SMILES string of the molecule is CCC(=O)OCCN(CCOC(=O)CC)c1cc(NC(C)=O)c(N=Nc2ncc([N+](=O)[O-])s2)cc1OC. The summed E-state index contributed by atoms with van der Waals surface area (Å²) in [5, 5.41) is 21.5. The highest BCUT2D eigenvalue weighted by Gasteiger charge is 2.19. The van der Waals surface area contributed by atoms with Gasteiger partial charge in [0.25, 0.3) is 0 Å². The summed E-state index contributed by atoms with van der Waals surface area (Å²) < 4.78 is 15.9. The van der Waals surface area contributed by atoms with Crippen LogP contribution in [0, 0.1) is 10.1 Å². The van der Waals surface area contributed by atoms with E-state index in [0.717, 1.165) is 17.5 Å². The Morgan fingerprint density at radius 3 is 2.22 bits per heavy atom. The van der Waals surface area contributed by atoms with Crippen LogP contribution in [0.3, 0.4) is 0 Å². The number of aromatic nitrogens is 1. The van der Waals surface area contributed by atoms with Gasteiger partial charge in [-0.15, -0.1) is 10.2 Å². The van der Waals surface area contributed by atoms with E-state index in [4.69, 9.17) is 14.2 Å². The van der Waals surface area contributed by atoms with Gasteiger partial charge < -0.3 is 24.4 Å². The Labute approximate surface area is 216 Å². The lowest BCUT2D eigenvalue weighted by Gasteiger charge is -2.27. The summed E-state index contributed by atoms with van der Waals surface area (Å²) in [5.74, 6) is -0.752. The quantitative estimate of drug-likeness (QED) is 0.160. The number of hydrogen-bond donors (Lipinski definition) is 1. The van der Waals surface area contributed by atoms with Gasteiger partial charge in [-0.1, -0.05) is 13.8 Å². The number of methoxy groups -OCH3 is 1. The number of nitrogens with one attached hydrogen (secondary N) is 1. The molecule has 1 aromatic heterocycles. The Morgan fingerprint density at radius 2 is 1.73 bits per heavy atom. The van der Waals surface area contributed by atoms with Gasteiger partial charge in [0.05, 0.1) is 36.5 Å². The third kappa shape index (κ3) is 9.10. The van der Waals surface area contributed by atoms with Crippen molar-refractivity contribution in [3.63, 3.8) is 0 Å². The van der Waals surface area contributed by atoms with Gasteiger partial charge in [0.2, 0.25) is 11.0 Å². The number of azo groups is 1. The van der Waals surface area contributed by atoms with Crippen molar-refractivity contribution in [3.8, 4) is 5.75 Å². The minimum atomic E-state index is -0.582. The molecule has 0 bridgehead atoms. The second kappa shape index (κ2) is 14.4. The Hall–Kier alpha value is -4.14. The number of carbonyl (C=O) groups is 3. The maximum absolute atomic E-state index is 11.9. The fourth-order valence-corrected chi connectivity index (χ4v) is 3.47. The Bertz CT molecular complexity index is 1130. The highest BCUT2D eigenvalue weighted by Crippen LogP contribution is 2.40. The molecule has 0 aliphatic carbocycles. The van der Waals surface area contributed by atoms with Gasteiger partial charge in [0.1, 0.15) is 30.8 Å². The van der Waals surface area contributed by atoms with Gasteiger partial charge in [-0.2, -0.15) is 0 Å². The van der Waals surface area contributed by atoms with Crippen LogP contribution in [-0.4, -0.2) is 61.2 Å². The number of amides is 1. The molecule has 200 valence electrons. The molecule has 0 aliphatic heterocycles. The van der Waals surface area contributed by atoms with Crippen LogP contribution in [0.2, 0.25) is 0 Å². The van der Waals surface area contributed by atoms with Gasteiger partial charge in [-0.05, 0) is 17.4 Å². The number of nitrogens with zero attached hydrogens (tertiary/aromatic N) is 5. The van der Waals surface area contributed by atoms with E-state index < -0.39 is 4.92 Å². The number of hydrogen-bond acceptors (Lipinski definition) is 13. The number of nitro groups is 1. The first-order valence-corrected chi connectivity index (χ1v) is 12.1. The number of ether oxygens (including phenoxy) is 3. The van der Waals surface area contributed by atoms with E-state index in [1.54, 1.807) is 24.8 Å². The van der Waals surface area contributed by atoms with Crippen LogP contribution in [0.5, 0.6) is 5.75 Å². The van der Waals surface area contributed by atoms with Gasteiger partial charge in [0.15, 0.2) is 0 Å². The number of rotatable bonds is 14. The number of carbonyl (C=O) groups excluding carboxylic acids is 3. The van der Waals surface area contributed by atoms with E-state index in [1.165, 1.54) is 20.1 Å². The molecule has 1 amide bonds. The van der Waals surface area contributed by atoms with Crippen molar-refractivity contribution in [2.24, 2.45) is 10.2 Å². The monoisotopic (exact) mass is 536 g/mol. The molecule has 0 fully saturated rings. The molecule has 15 heteroatoms. The lowest BCUT2D eigenvalue weighted by atomic mass is 10.2. The Kier molecular flexibility index (Phi) is 11.3. The van der Waals surface area contributed by atoms with Crippen molar-refractivity contribution in [1.29, 1.82) is 0 Å². The van der Waals surface area contributed by atoms with Gasteiger partial charge in [-0.3, -0.25) is 24.5 Å². The van der Waals surface area contributed by atoms with Gasteiger partial charge in [-0.25, -0.2) is 4.98 Å². The summed E-state index contributed by atoms with van der Waals surface area (Å²) in [6, 6.07) is 3.12. The minimum absolute atomic E-state index is 0.0561. The van der Waals surface area contributed by atoms with Gasteiger partial charge >= 0.3 is 16.9 Å². The standard InChI is InChI=1S/C22H28N6O8S/c1-5-20(30)35-9-7-27(8-10-36-21(31)6-2)17-11-15(24-14(3)29)16(12-18(17)34-4)25-26-22-23-13-19(37-22)28(32)33/h11-13H,5-10H2,1-4H3,(H,24,29). The van der Waals surface area contributed by atoms with E-state index >= 15 is 0 Å². The fourth-order valence-electron chi connectivity index (χ4n) is 2.92. The highest BCUT2D eigenvalue weighted by atomic mass is 32.1. The highest BCUT2D eigenvalue weighted by molar-refractivity contribution is 7.18. The van der Waals surface area contributed by atoms with Crippen LogP contribution in [0.4, 0.5) is 27.2 Å². The number of benzene rings is 1. The van der Waals surface area contributed by atoms with Crippen LogP contribution in [0.25, 0.3) is 0 Å². The van der Waals surface area contributed by atoms with Crippen molar-refractivity contribution in [1.82, 2.24) is 4.98 Å². The largest absolute Gasteiger partial charge is 0.494 e. The van der Waals surface area contributed by atoms with Crippen molar-refractivity contribution >= 4 is 56.4 Å². The van der Waals surface area contributed by atoms with Crippen molar-refractivity contribution in [3.05, 3.63) is 28.4 Å². The van der Waals surface area contributed by atoms with E-state index in [0.29, 0.717) is 11.4 Å². The molecule has 0 spiro atoms. The molecule has 1 N–H and O–H groups in total. The van der Waals surface area contributed by atoms with Crippen molar-refractivity contribution in [2.75, 3.05) is 43.6 Å². The Balaban J connectivity index is 2.42. The minimum Gasteiger partial charge on any atom is -0.494 e. The average Bonchev–Trinajstić information content (AvgIpc) is 3.35. The zero-order valence-corrected chi connectivity index (χ0v) is 21.7. The first-order valence-electron chi connectivity index (χ1n) is 11.3. The van der Waals surface area contributed by atoms with E-state index in [-0.39, 0.29) is 78.5 Å². The topological polar surface area (TPSA) is 175 Å². The molecule has 14 nitrogen and oxygen atoms in total. The third-order valence-electron chi connectivity index (χ3n) is 4.68. The van der Waals surface area contributed by atoms with Crippen LogP contribution >= 0.6 is 11.3 Å². The summed E-state index contributed by atoms with van der Waals surface area (Å²) in [6.45, 7) is 5.31. The smallest absolute Gasteiger partial charge is 0.345 e. The molecule has 0 atom stereocenters. The normalized spacial score (nSPS) is 10.7. The molecule has 0 unspecified atom stereocenters. The third-order valence-corrected chi connectivity index (χ3v) is 5.51. The molecular weight excluding hydrogens is 508 g/mol. The maximum Gasteiger partial charge on any atom is 0.345 e. The number of anilines is 2. The second-order valence-electron chi connectivity index (χ2n) is 7.30. The number of esters is 2. The molecule has 0 radical (unpaired) electrons. The van der Waals surface area contributed by atoms with Gasteiger partial charge in [0, 0.05) is 25.8 Å². The maximum atomic E-state index is 11.9. The summed E-state index contributed by atoms with van der Waals surface area (Å²) in [5.41, 5.74) is 0.998. The van der Waals surface area contributed by atoms with Crippen molar-refractivity contribution < 1.29 is 33.5 Å². The summed E-state index contributed by atoms with van der Waals surface area (Å²) >= 11 is 0.744. The average molecular weight is 537 g/mol. The molecule has 2 rings (SSSR count). The van der Waals surface area contributed by atoms with Crippen molar-refractivity contribution in [2.45, 2.75) is 33.6 Å². The van der Waals surface area contributed by atoms with Crippen LogP contribution in [0.1, 0.15) is 33.6 Å². The fraction of sp³-hybridized carbons (Fsp3) is 0.455. The zero-order valence-electron chi connectivity index (χ0n) is 20.9. The van der Waals surface area contributed by atoms with Crippen LogP contribution in [-0.2, 0) is 23.9 Å². The number of thiazole rings is 1. The molecule has 0 saturated carbocycles. The summed E-state index contributed by atoms with van der Waals surface area (Å²) in [4.78, 5) is 51.0. The zero-order chi connectivity index (χ0) is 27.4. The molecule has 1 aromatic carbocycles. The molecule has 2 aromatic rings. The molecule has 37 heavy (non-hydrogen) atoms. The van der Waals surface area contributed by atoms with E-state index in [1.807, 2.05) is 0 Å². The second-order valence-corrected chi connectivity index (χ2v) is 8.28. The first kappa shape index (κ1) is 29.1.